The van der Waals surface area contributed by atoms with Gasteiger partial charge in [0, 0.05) is 24.5 Å². The first kappa shape index (κ1) is 18.8. The number of hydrogen-bond donors (Lipinski definition) is 1. The van der Waals surface area contributed by atoms with Gasteiger partial charge in [-0.25, -0.2) is 8.42 Å². The Morgan fingerprint density at radius 2 is 2.05 bits per heavy atom. The van der Waals surface area contributed by atoms with Gasteiger partial charge in [0.1, 0.15) is 0 Å². The van der Waals surface area contributed by atoms with Crippen molar-refractivity contribution in [1.82, 2.24) is 5.32 Å². The highest BCUT2D eigenvalue weighted by Crippen LogP contribution is 2.22. The van der Waals surface area contributed by atoms with E-state index in [1.807, 2.05) is 13.8 Å². The number of amides is 1. The average Bonchev–Trinajstić information content (AvgIpc) is 2.39. The van der Waals surface area contributed by atoms with Crippen LogP contribution in [0.5, 0.6) is 0 Å². The second-order valence-corrected chi connectivity index (χ2v) is 7.96. The molecule has 0 atom stereocenters. The standard InChI is InChI=1S/C15H23ClN2O3S/c1-12(2)11-17-15(19)8-5-9-18(22(3,20)21)14-7-4-6-13(16)10-14/h4,6-7,10,12H,5,8-9,11H2,1-3H3,(H,17,19). The Morgan fingerprint density at radius 1 is 1.36 bits per heavy atom. The third-order valence-electron chi connectivity index (χ3n) is 2.97. The van der Waals surface area contributed by atoms with Gasteiger partial charge in [-0.2, -0.15) is 0 Å². The maximum Gasteiger partial charge on any atom is 0.232 e. The van der Waals surface area contributed by atoms with Gasteiger partial charge in [-0.05, 0) is 30.5 Å². The van der Waals surface area contributed by atoms with Gasteiger partial charge in [-0.15, -0.1) is 0 Å². The Hall–Kier alpha value is -1.27. The molecule has 7 heteroatoms. The first-order valence-corrected chi connectivity index (χ1v) is 9.42. The summed E-state index contributed by atoms with van der Waals surface area (Å²) in [5, 5.41) is 3.29. The zero-order valence-corrected chi connectivity index (χ0v) is 14.7. The Morgan fingerprint density at radius 3 is 2.59 bits per heavy atom. The van der Waals surface area contributed by atoms with Crippen LogP contribution in [0.4, 0.5) is 5.69 Å². The Kier molecular flexibility index (Phi) is 7.16. The largest absolute Gasteiger partial charge is 0.356 e. The molecule has 0 aliphatic carbocycles. The summed E-state index contributed by atoms with van der Waals surface area (Å²) in [4.78, 5) is 11.7. The molecule has 0 saturated carbocycles. The van der Waals surface area contributed by atoms with Crippen LogP contribution in [0.25, 0.3) is 0 Å². The van der Waals surface area contributed by atoms with E-state index in [1.54, 1.807) is 24.3 Å². The highest BCUT2D eigenvalue weighted by atomic mass is 35.5. The molecule has 1 rings (SSSR count). The molecule has 5 nitrogen and oxygen atoms in total. The number of carbonyl (C=O) groups is 1. The van der Waals surface area contributed by atoms with Crippen LogP contribution in [-0.4, -0.2) is 33.7 Å². The minimum Gasteiger partial charge on any atom is -0.356 e. The molecule has 0 unspecified atom stereocenters. The molecule has 0 saturated heterocycles. The second-order valence-electron chi connectivity index (χ2n) is 5.62. The molecular formula is C15H23ClN2O3S. The van der Waals surface area contributed by atoms with Crippen LogP contribution in [0, 0.1) is 5.92 Å². The number of nitrogens with one attached hydrogen (secondary N) is 1. The summed E-state index contributed by atoms with van der Waals surface area (Å²) in [5.41, 5.74) is 0.512. The van der Waals surface area contributed by atoms with Gasteiger partial charge in [-0.3, -0.25) is 9.10 Å². The molecule has 0 fully saturated rings. The Labute approximate surface area is 137 Å². The first-order chi connectivity index (χ1) is 10.2. The molecule has 0 radical (unpaired) electrons. The Bertz CT molecular complexity index is 603. The van der Waals surface area contributed by atoms with Gasteiger partial charge in [-0.1, -0.05) is 31.5 Å². The van der Waals surface area contributed by atoms with E-state index in [0.29, 0.717) is 36.0 Å². The molecule has 1 N–H and O–H groups in total. The quantitative estimate of drug-likeness (QED) is 0.787. The summed E-state index contributed by atoms with van der Waals surface area (Å²) in [6, 6.07) is 6.67. The van der Waals surface area contributed by atoms with Gasteiger partial charge in [0.05, 0.1) is 11.9 Å². The summed E-state index contributed by atoms with van der Waals surface area (Å²) in [7, 11) is -3.42. The van der Waals surface area contributed by atoms with E-state index in [1.165, 1.54) is 4.31 Å². The normalized spacial score (nSPS) is 11.5. The molecule has 0 spiro atoms. The van der Waals surface area contributed by atoms with Crippen molar-refractivity contribution in [3.8, 4) is 0 Å². The van der Waals surface area contributed by atoms with Crippen molar-refractivity contribution in [2.75, 3.05) is 23.7 Å². The lowest BCUT2D eigenvalue weighted by Crippen LogP contribution is -2.32. The van der Waals surface area contributed by atoms with E-state index in [0.717, 1.165) is 6.26 Å². The van der Waals surface area contributed by atoms with Gasteiger partial charge in [0.2, 0.25) is 15.9 Å². The molecule has 0 aromatic heterocycles. The summed E-state index contributed by atoms with van der Waals surface area (Å²) in [6.07, 6.45) is 1.88. The van der Waals surface area contributed by atoms with E-state index in [-0.39, 0.29) is 12.5 Å². The van der Waals surface area contributed by atoms with Crippen LogP contribution in [0.2, 0.25) is 5.02 Å². The summed E-state index contributed by atoms with van der Waals surface area (Å²) >= 11 is 5.91. The zero-order chi connectivity index (χ0) is 16.8. The smallest absolute Gasteiger partial charge is 0.232 e. The number of carbonyl (C=O) groups excluding carboxylic acids is 1. The predicted molar refractivity (Wildman–Crippen MR) is 90.7 cm³/mol. The summed E-state index contributed by atoms with van der Waals surface area (Å²) in [6.45, 7) is 4.91. The molecular weight excluding hydrogens is 324 g/mol. The highest BCUT2D eigenvalue weighted by Gasteiger charge is 2.17. The highest BCUT2D eigenvalue weighted by molar-refractivity contribution is 7.92. The third-order valence-corrected chi connectivity index (χ3v) is 4.40. The number of benzene rings is 1. The fourth-order valence-electron chi connectivity index (χ4n) is 1.91. The van der Waals surface area contributed by atoms with Crippen LogP contribution in [0.3, 0.4) is 0 Å². The van der Waals surface area contributed by atoms with Crippen LogP contribution in [0.15, 0.2) is 24.3 Å². The maximum absolute atomic E-state index is 11.9. The SMILES string of the molecule is CC(C)CNC(=O)CCCN(c1cccc(Cl)c1)S(C)(=O)=O. The van der Waals surface area contributed by atoms with Crippen LogP contribution in [-0.2, 0) is 14.8 Å². The van der Waals surface area contributed by atoms with Gasteiger partial charge >= 0.3 is 0 Å². The molecule has 0 aliphatic heterocycles. The fraction of sp³-hybridized carbons (Fsp3) is 0.533. The number of hydrogen-bond acceptors (Lipinski definition) is 3. The van der Waals surface area contributed by atoms with Gasteiger partial charge in [0.25, 0.3) is 0 Å². The van der Waals surface area contributed by atoms with E-state index < -0.39 is 10.0 Å². The average molecular weight is 347 g/mol. The fourth-order valence-corrected chi connectivity index (χ4v) is 3.05. The van der Waals surface area contributed by atoms with Crippen molar-refractivity contribution in [2.24, 2.45) is 5.92 Å². The second kappa shape index (κ2) is 8.39. The summed E-state index contributed by atoms with van der Waals surface area (Å²) in [5.74, 6) is 0.330. The third kappa shape index (κ3) is 6.66. The minimum absolute atomic E-state index is 0.0618. The molecule has 0 bridgehead atoms. The number of rotatable bonds is 8. The van der Waals surface area contributed by atoms with Crippen molar-refractivity contribution >= 4 is 33.2 Å². The van der Waals surface area contributed by atoms with Gasteiger partial charge < -0.3 is 5.32 Å². The minimum atomic E-state index is -3.42. The van der Waals surface area contributed by atoms with E-state index in [9.17, 15) is 13.2 Å². The molecule has 0 aliphatic rings. The molecule has 1 amide bonds. The van der Waals surface area contributed by atoms with Crippen LogP contribution < -0.4 is 9.62 Å². The molecule has 1 aromatic rings. The molecule has 22 heavy (non-hydrogen) atoms. The van der Waals surface area contributed by atoms with Crippen LogP contribution >= 0.6 is 11.6 Å². The van der Waals surface area contributed by atoms with E-state index >= 15 is 0 Å². The lowest BCUT2D eigenvalue weighted by molar-refractivity contribution is -0.121. The molecule has 124 valence electrons. The monoisotopic (exact) mass is 346 g/mol. The van der Waals surface area contributed by atoms with Crippen LogP contribution in [0.1, 0.15) is 26.7 Å². The van der Waals surface area contributed by atoms with Crippen molar-refractivity contribution in [2.45, 2.75) is 26.7 Å². The number of anilines is 1. The van der Waals surface area contributed by atoms with E-state index in [2.05, 4.69) is 5.32 Å². The molecule has 0 heterocycles. The van der Waals surface area contributed by atoms with Gasteiger partial charge in [0.15, 0.2) is 0 Å². The zero-order valence-electron chi connectivity index (χ0n) is 13.2. The predicted octanol–water partition coefficient (Wildman–Crippen LogP) is 2.66. The topological polar surface area (TPSA) is 66.5 Å². The number of nitrogens with zero attached hydrogens (tertiary/aromatic N) is 1. The number of halogens is 1. The van der Waals surface area contributed by atoms with Crippen molar-refractivity contribution in [3.63, 3.8) is 0 Å². The first-order valence-electron chi connectivity index (χ1n) is 7.20. The number of sulfonamides is 1. The lowest BCUT2D eigenvalue weighted by Gasteiger charge is -2.22. The van der Waals surface area contributed by atoms with Crippen molar-refractivity contribution in [3.05, 3.63) is 29.3 Å². The summed E-state index contributed by atoms with van der Waals surface area (Å²) < 4.78 is 25.1. The van der Waals surface area contributed by atoms with E-state index in [4.69, 9.17) is 11.6 Å². The Balaban J connectivity index is 2.63. The molecule has 1 aromatic carbocycles. The van der Waals surface area contributed by atoms with Crippen molar-refractivity contribution < 1.29 is 13.2 Å². The lowest BCUT2D eigenvalue weighted by atomic mass is 10.2. The maximum atomic E-state index is 11.9. The van der Waals surface area contributed by atoms with Crippen molar-refractivity contribution in [1.29, 1.82) is 0 Å².